The van der Waals surface area contributed by atoms with E-state index in [1.807, 2.05) is 6.92 Å². The summed E-state index contributed by atoms with van der Waals surface area (Å²) < 4.78 is 0. The van der Waals surface area contributed by atoms with Gasteiger partial charge in [0.25, 0.3) is 5.91 Å². The number of carbonyl (C=O) groups is 1. The van der Waals surface area contributed by atoms with Crippen molar-refractivity contribution in [1.82, 2.24) is 15.2 Å². The molecular formula is C10H15N3O2S. The molecule has 1 saturated heterocycles. The molecule has 2 atom stereocenters. The van der Waals surface area contributed by atoms with Crippen LogP contribution in [0.3, 0.4) is 0 Å². The van der Waals surface area contributed by atoms with Crippen LogP contribution >= 0.6 is 11.3 Å². The number of hydrogen-bond acceptors (Lipinski definition) is 5. The van der Waals surface area contributed by atoms with Crippen LogP contribution in [-0.4, -0.2) is 53.2 Å². The fraction of sp³-hybridized carbons (Fsp3) is 0.600. The summed E-state index contributed by atoms with van der Waals surface area (Å²) in [6, 6.07) is -0.144. The van der Waals surface area contributed by atoms with Crippen molar-refractivity contribution in [2.24, 2.45) is 0 Å². The van der Waals surface area contributed by atoms with Crippen LogP contribution in [0.1, 0.15) is 15.4 Å². The van der Waals surface area contributed by atoms with Crippen molar-refractivity contribution >= 4 is 17.2 Å². The van der Waals surface area contributed by atoms with Gasteiger partial charge in [0.2, 0.25) is 0 Å². The quantitative estimate of drug-likeness (QED) is 0.756. The largest absolute Gasteiger partial charge is 0.390 e. The van der Waals surface area contributed by atoms with Crippen LogP contribution < -0.4 is 5.32 Å². The highest BCUT2D eigenvalue weighted by molar-refractivity contribution is 7.11. The summed E-state index contributed by atoms with van der Waals surface area (Å²) in [5.41, 5.74) is 2.42. The number of β-amino-alcohol motifs (C(OH)–C–C–N with tert-alkyl or cyclic N) is 1. The Kier molecular flexibility index (Phi) is 3.22. The zero-order chi connectivity index (χ0) is 11.7. The molecule has 1 aromatic heterocycles. The average molecular weight is 241 g/mol. The molecular weight excluding hydrogens is 226 g/mol. The van der Waals surface area contributed by atoms with Gasteiger partial charge in [0.15, 0.2) is 0 Å². The number of amides is 1. The first-order chi connectivity index (χ1) is 7.61. The summed E-state index contributed by atoms with van der Waals surface area (Å²) >= 11 is 1.34. The van der Waals surface area contributed by atoms with Crippen molar-refractivity contribution in [2.75, 3.05) is 20.1 Å². The lowest BCUT2D eigenvalue weighted by atomic mass is 10.2. The number of nitrogens with one attached hydrogen (secondary N) is 1. The minimum Gasteiger partial charge on any atom is -0.390 e. The number of aliphatic hydroxyl groups excluding tert-OH is 1. The highest BCUT2D eigenvalue weighted by Gasteiger charge is 2.32. The predicted molar refractivity (Wildman–Crippen MR) is 61.6 cm³/mol. The van der Waals surface area contributed by atoms with Gasteiger partial charge in [-0.05, 0) is 6.92 Å². The maximum atomic E-state index is 12.1. The van der Waals surface area contributed by atoms with Crippen molar-refractivity contribution in [1.29, 1.82) is 0 Å². The van der Waals surface area contributed by atoms with E-state index in [-0.39, 0.29) is 11.9 Å². The summed E-state index contributed by atoms with van der Waals surface area (Å²) in [4.78, 5) is 18.4. The normalized spacial score (nSPS) is 24.7. The SMILES string of the molecule is Cc1ncsc1C(=O)N(C)[C@H]1CNC[C@@H]1O. The second-order valence-corrected chi connectivity index (χ2v) is 4.83. The molecule has 0 aromatic carbocycles. The summed E-state index contributed by atoms with van der Waals surface area (Å²) in [7, 11) is 1.72. The Hall–Kier alpha value is -0.980. The number of likely N-dealkylation sites (N-methyl/N-ethyl adjacent to an activating group) is 1. The minimum absolute atomic E-state index is 0.0623. The van der Waals surface area contributed by atoms with Gasteiger partial charge in [-0.15, -0.1) is 11.3 Å². The van der Waals surface area contributed by atoms with Crippen molar-refractivity contribution in [2.45, 2.75) is 19.1 Å². The number of nitrogens with zero attached hydrogens (tertiary/aromatic N) is 2. The smallest absolute Gasteiger partial charge is 0.265 e. The predicted octanol–water partition coefficient (Wildman–Crippen LogP) is -0.144. The van der Waals surface area contributed by atoms with E-state index in [1.165, 1.54) is 11.3 Å². The van der Waals surface area contributed by atoms with Crippen molar-refractivity contribution < 1.29 is 9.90 Å². The van der Waals surface area contributed by atoms with E-state index in [1.54, 1.807) is 17.5 Å². The molecule has 1 aromatic rings. The summed E-state index contributed by atoms with van der Waals surface area (Å²) in [5, 5.41) is 12.8. The Balaban J connectivity index is 2.13. The zero-order valence-electron chi connectivity index (χ0n) is 9.30. The Morgan fingerprint density at radius 2 is 2.44 bits per heavy atom. The molecule has 1 amide bonds. The fourth-order valence-electron chi connectivity index (χ4n) is 1.86. The molecule has 0 spiro atoms. The topological polar surface area (TPSA) is 65.5 Å². The maximum Gasteiger partial charge on any atom is 0.265 e. The van der Waals surface area contributed by atoms with Crippen LogP contribution in [0.15, 0.2) is 5.51 Å². The summed E-state index contributed by atoms with van der Waals surface area (Å²) in [5.74, 6) is -0.0623. The third-order valence-corrected chi connectivity index (χ3v) is 3.83. The van der Waals surface area contributed by atoms with Gasteiger partial charge in [-0.1, -0.05) is 0 Å². The monoisotopic (exact) mass is 241 g/mol. The average Bonchev–Trinajstić information content (AvgIpc) is 2.85. The van der Waals surface area contributed by atoms with E-state index >= 15 is 0 Å². The Labute approximate surface area is 98.1 Å². The molecule has 1 aliphatic heterocycles. The van der Waals surface area contributed by atoms with Crippen LogP contribution in [0.5, 0.6) is 0 Å². The first-order valence-corrected chi connectivity index (χ1v) is 6.05. The van der Waals surface area contributed by atoms with Gasteiger partial charge in [-0.2, -0.15) is 0 Å². The van der Waals surface area contributed by atoms with Gasteiger partial charge in [0, 0.05) is 20.1 Å². The van der Waals surface area contributed by atoms with E-state index in [4.69, 9.17) is 0 Å². The molecule has 0 bridgehead atoms. The molecule has 2 N–H and O–H groups in total. The van der Waals surface area contributed by atoms with Gasteiger partial charge in [0.05, 0.1) is 23.4 Å². The first-order valence-electron chi connectivity index (χ1n) is 5.17. The van der Waals surface area contributed by atoms with Gasteiger partial charge in [0.1, 0.15) is 4.88 Å². The number of carbonyl (C=O) groups excluding carboxylic acids is 1. The Bertz CT molecular complexity index is 393. The first kappa shape index (κ1) is 11.5. The molecule has 2 rings (SSSR count). The number of aromatic nitrogens is 1. The van der Waals surface area contributed by atoms with E-state index in [2.05, 4.69) is 10.3 Å². The highest BCUT2D eigenvalue weighted by Crippen LogP contribution is 2.17. The number of aliphatic hydroxyl groups is 1. The van der Waals surface area contributed by atoms with Crippen molar-refractivity contribution in [3.05, 3.63) is 16.1 Å². The van der Waals surface area contributed by atoms with Gasteiger partial charge >= 0.3 is 0 Å². The van der Waals surface area contributed by atoms with Crippen LogP contribution in [0.25, 0.3) is 0 Å². The lowest BCUT2D eigenvalue weighted by Gasteiger charge is -2.26. The van der Waals surface area contributed by atoms with Crippen LogP contribution in [0.4, 0.5) is 0 Å². The van der Waals surface area contributed by atoms with Gasteiger partial charge in [-0.3, -0.25) is 4.79 Å². The minimum atomic E-state index is -0.484. The molecule has 88 valence electrons. The summed E-state index contributed by atoms with van der Waals surface area (Å²) in [6.07, 6.45) is -0.484. The second kappa shape index (κ2) is 4.48. The van der Waals surface area contributed by atoms with Crippen LogP contribution in [0.2, 0.25) is 0 Å². The number of aryl methyl sites for hydroxylation is 1. The van der Waals surface area contributed by atoms with E-state index in [9.17, 15) is 9.90 Å². The highest BCUT2D eigenvalue weighted by atomic mass is 32.1. The van der Waals surface area contributed by atoms with Crippen LogP contribution in [-0.2, 0) is 0 Å². The Morgan fingerprint density at radius 3 is 2.94 bits per heavy atom. The second-order valence-electron chi connectivity index (χ2n) is 3.98. The van der Waals surface area contributed by atoms with Crippen molar-refractivity contribution in [3.63, 3.8) is 0 Å². The molecule has 16 heavy (non-hydrogen) atoms. The standard InChI is InChI=1S/C10H15N3O2S/c1-6-9(16-5-12-6)10(15)13(2)7-3-11-4-8(7)14/h5,7-8,11,14H,3-4H2,1-2H3/t7-,8-/m0/s1. The van der Waals surface area contributed by atoms with Gasteiger partial charge in [-0.25, -0.2) is 4.98 Å². The summed E-state index contributed by atoms with van der Waals surface area (Å²) in [6.45, 7) is 3.01. The molecule has 0 unspecified atom stereocenters. The molecule has 6 heteroatoms. The number of rotatable bonds is 2. The van der Waals surface area contributed by atoms with Gasteiger partial charge < -0.3 is 15.3 Å². The molecule has 1 aliphatic rings. The molecule has 1 fully saturated rings. The molecule has 0 radical (unpaired) electrons. The fourth-order valence-corrected chi connectivity index (χ4v) is 2.65. The van der Waals surface area contributed by atoms with Crippen molar-refractivity contribution in [3.8, 4) is 0 Å². The third-order valence-electron chi connectivity index (χ3n) is 2.91. The van der Waals surface area contributed by atoms with E-state index in [0.29, 0.717) is 18.0 Å². The number of thiazole rings is 1. The number of hydrogen-bond donors (Lipinski definition) is 2. The molecule has 5 nitrogen and oxygen atoms in total. The maximum absolute atomic E-state index is 12.1. The van der Waals surface area contributed by atoms with E-state index in [0.717, 1.165) is 5.69 Å². The Morgan fingerprint density at radius 1 is 1.69 bits per heavy atom. The zero-order valence-corrected chi connectivity index (χ0v) is 10.1. The third kappa shape index (κ3) is 1.95. The van der Waals surface area contributed by atoms with Crippen LogP contribution in [0, 0.1) is 6.92 Å². The lowest BCUT2D eigenvalue weighted by molar-refractivity contribution is 0.0585. The van der Waals surface area contributed by atoms with E-state index < -0.39 is 6.10 Å². The molecule has 0 saturated carbocycles. The molecule has 2 heterocycles. The lowest BCUT2D eigenvalue weighted by Crippen LogP contribution is -2.44. The molecule has 0 aliphatic carbocycles.